The Morgan fingerprint density at radius 2 is 1.73 bits per heavy atom. The number of hydrogen-bond acceptors (Lipinski definition) is 0. The number of alkyl halides is 3. The average molecular weight is 220 g/mol. The van der Waals surface area contributed by atoms with Crippen LogP contribution in [0.15, 0.2) is 24.3 Å². The molecule has 1 atom stereocenters. The first-order valence-corrected chi connectivity index (χ1v) is 4.64. The van der Waals surface area contributed by atoms with E-state index in [0.29, 0.717) is 0 Å². The zero-order valence-electron chi connectivity index (χ0n) is 8.48. The molecular weight excluding hydrogens is 208 g/mol. The predicted octanol–water partition coefficient (Wildman–Crippen LogP) is 4.13. The molecule has 0 aliphatic carbocycles. The van der Waals surface area contributed by atoms with Crippen LogP contribution in [0, 0.1) is 11.7 Å². The summed E-state index contributed by atoms with van der Waals surface area (Å²) >= 11 is 0. The van der Waals surface area contributed by atoms with Crippen molar-refractivity contribution in [1.82, 2.24) is 0 Å². The standard InChI is InChI=1S/C11H12F4/c1-7(2)10(11(13,14)15)8-4-3-5-9(12)6-8/h3-7,10H,1-2H3. The minimum atomic E-state index is -4.33. The molecule has 1 aromatic carbocycles. The first kappa shape index (κ1) is 12.0. The smallest absolute Gasteiger partial charge is 0.207 e. The fourth-order valence-electron chi connectivity index (χ4n) is 1.65. The Hall–Kier alpha value is -1.06. The summed E-state index contributed by atoms with van der Waals surface area (Å²) in [7, 11) is 0. The van der Waals surface area contributed by atoms with E-state index in [1.807, 2.05) is 0 Å². The van der Waals surface area contributed by atoms with Crippen LogP contribution in [0.2, 0.25) is 0 Å². The van der Waals surface area contributed by atoms with Crippen LogP contribution in [0.3, 0.4) is 0 Å². The quantitative estimate of drug-likeness (QED) is 0.657. The van der Waals surface area contributed by atoms with E-state index in [1.165, 1.54) is 26.0 Å². The van der Waals surface area contributed by atoms with Gasteiger partial charge in [-0.15, -0.1) is 0 Å². The zero-order chi connectivity index (χ0) is 11.6. The van der Waals surface area contributed by atoms with E-state index < -0.39 is 23.8 Å². The van der Waals surface area contributed by atoms with E-state index >= 15 is 0 Å². The molecule has 0 fully saturated rings. The van der Waals surface area contributed by atoms with E-state index in [4.69, 9.17) is 0 Å². The molecule has 0 N–H and O–H groups in total. The molecule has 0 bridgehead atoms. The lowest BCUT2D eigenvalue weighted by Crippen LogP contribution is -2.25. The molecule has 0 heterocycles. The Balaban J connectivity index is 3.11. The fraction of sp³-hybridized carbons (Fsp3) is 0.455. The normalized spacial score (nSPS) is 14.3. The molecule has 0 aliphatic heterocycles. The minimum Gasteiger partial charge on any atom is -0.207 e. The van der Waals surface area contributed by atoms with Gasteiger partial charge in [-0.2, -0.15) is 13.2 Å². The van der Waals surface area contributed by atoms with Crippen molar-refractivity contribution < 1.29 is 17.6 Å². The molecule has 1 aromatic rings. The summed E-state index contributed by atoms with van der Waals surface area (Å²) in [6.07, 6.45) is -4.33. The Bertz CT molecular complexity index is 328. The third-order valence-corrected chi connectivity index (χ3v) is 2.23. The molecule has 1 rings (SSSR count). The van der Waals surface area contributed by atoms with Crippen molar-refractivity contribution in [3.8, 4) is 0 Å². The van der Waals surface area contributed by atoms with Crippen LogP contribution in [0.25, 0.3) is 0 Å². The maximum atomic E-state index is 12.8. The van der Waals surface area contributed by atoms with Crippen LogP contribution in [0.5, 0.6) is 0 Å². The van der Waals surface area contributed by atoms with Crippen LogP contribution in [-0.2, 0) is 0 Å². The molecule has 0 aliphatic rings. The number of halogens is 4. The molecule has 1 unspecified atom stereocenters. The van der Waals surface area contributed by atoms with E-state index in [1.54, 1.807) is 0 Å². The molecule has 84 valence electrons. The summed E-state index contributed by atoms with van der Waals surface area (Å²) in [4.78, 5) is 0. The van der Waals surface area contributed by atoms with E-state index in [9.17, 15) is 17.6 Å². The Morgan fingerprint density at radius 3 is 2.13 bits per heavy atom. The Morgan fingerprint density at radius 1 is 1.13 bits per heavy atom. The van der Waals surface area contributed by atoms with Gasteiger partial charge in [0, 0.05) is 0 Å². The van der Waals surface area contributed by atoms with Gasteiger partial charge in [0.2, 0.25) is 0 Å². The first-order valence-electron chi connectivity index (χ1n) is 4.64. The number of hydrogen-bond donors (Lipinski definition) is 0. The molecule has 15 heavy (non-hydrogen) atoms. The summed E-state index contributed by atoms with van der Waals surface area (Å²) in [6.45, 7) is 2.95. The molecule has 0 aromatic heterocycles. The second-order valence-electron chi connectivity index (χ2n) is 3.82. The molecule has 4 heteroatoms. The van der Waals surface area contributed by atoms with Crippen molar-refractivity contribution in [3.05, 3.63) is 35.6 Å². The lowest BCUT2D eigenvalue weighted by Gasteiger charge is -2.24. The first-order chi connectivity index (χ1) is 6.82. The molecule has 0 amide bonds. The number of rotatable bonds is 2. The molecule has 0 radical (unpaired) electrons. The Labute approximate surface area is 85.9 Å². The van der Waals surface area contributed by atoms with E-state index in [0.717, 1.165) is 12.1 Å². The largest absolute Gasteiger partial charge is 0.395 e. The van der Waals surface area contributed by atoms with Crippen molar-refractivity contribution >= 4 is 0 Å². The second-order valence-corrected chi connectivity index (χ2v) is 3.82. The molecule has 0 saturated carbocycles. The van der Waals surface area contributed by atoms with Gasteiger partial charge >= 0.3 is 6.18 Å². The molecule has 0 nitrogen and oxygen atoms in total. The molecule has 0 saturated heterocycles. The number of benzene rings is 1. The maximum Gasteiger partial charge on any atom is 0.395 e. The monoisotopic (exact) mass is 220 g/mol. The van der Waals surface area contributed by atoms with E-state index in [-0.39, 0.29) is 5.56 Å². The van der Waals surface area contributed by atoms with Gasteiger partial charge in [-0.1, -0.05) is 26.0 Å². The fourth-order valence-corrected chi connectivity index (χ4v) is 1.65. The second kappa shape index (κ2) is 4.21. The SMILES string of the molecule is CC(C)C(c1cccc(F)c1)C(F)(F)F. The van der Waals surface area contributed by atoms with Crippen LogP contribution < -0.4 is 0 Å². The van der Waals surface area contributed by atoms with Gasteiger partial charge in [0.25, 0.3) is 0 Å². The molecular formula is C11H12F4. The third kappa shape index (κ3) is 2.94. The van der Waals surface area contributed by atoms with Gasteiger partial charge < -0.3 is 0 Å². The van der Waals surface area contributed by atoms with Crippen LogP contribution in [0.1, 0.15) is 25.3 Å². The van der Waals surface area contributed by atoms with Crippen molar-refractivity contribution in [1.29, 1.82) is 0 Å². The predicted molar refractivity (Wildman–Crippen MR) is 50.0 cm³/mol. The lowest BCUT2D eigenvalue weighted by atomic mass is 9.88. The summed E-state index contributed by atoms with van der Waals surface area (Å²) in [5.41, 5.74) is -0.0162. The summed E-state index contributed by atoms with van der Waals surface area (Å²) in [5, 5.41) is 0. The van der Waals surface area contributed by atoms with Gasteiger partial charge in [0.05, 0.1) is 5.92 Å². The zero-order valence-corrected chi connectivity index (χ0v) is 8.48. The summed E-state index contributed by atoms with van der Waals surface area (Å²) < 4.78 is 50.8. The van der Waals surface area contributed by atoms with Crippen molar-refractivity contribution in [2.45, 2.75) is 25.9 Å². The van der Waals surface area contributed by atoms with Gasteiger partial charge in [0.15, 0.2) is 0 Å². The van der Waals surface area contributed by atoms with Crippen molar-refractivity contribution in [3.63, 3.8) is 0 Å². The molecule has 0 spiro atoms. The van der Waals surface area contributed by atoms with Gasteiger partial charge in [0.1, 0.15) is 5.82 Å². The highest BCUT2D eigenvalue weighted by molar-refractivity contribution is 5.22. The topological polar surface area (TPSA) is 0 Å². The maximum absolute atomic E-state index is 12.8. The van der Waals surface area contributed by atoms with Crippen molar-refractivity contribution in [2.75, 3.05) is 0 Å². The average Bonchev–Trinajstić information content (AvgIpc) is 1.99. The van der Waals surface area contributed by atoms with Crippen LogP contribution in [-0.4, -0.2) is 6.18 Å². The van der Waals surface area contributed by atoms with E-state index in [2.05, 4.69) is 0 Å². The third-order valence-electron chi connectivity index (χ3n) is 2.23. The van der Waals surface area contributed by atoms with Gasteiger partial charge in [-0.05, 0) is 23.6 Å². The van der Waals surface area contributed by atoms with Crippen molar-refractivity contribution in [2.24, 2.45) is 5.92 Å². The van der Waals surface area contributed by atoms with Gasteiger partial charge in [-0.25, -0.2) is 4.39 Å². The summed E-state index contributed by atoms with van der Waals surface area (Å²) in [6, 6.07) is 4.68. The highest BCUT2D eigenvalue weighted by Gasteiger charge is 2.42. The van der Waals surface area contributed by atoms with Crippen LogP contribution in [0.4, 0.5) is 17.6 Å². The lowest BCUT2D eigenvalue weighted by molar-refractivity contribution is -0.159. The minimum absolute atomic E-state index is 0.0162. The highest BCUT2D eigenvalue weighted by atomic mass is 19.4. The summed E-state index contributed by atoms with van der Waals surface area (Å²) in [5.74, 6) is -2.85. The Kier molecular flexibility index (Phi) is 3.37. The van der Waals surface area contributed by atoms with Gasteiger partial charge in [-0.3, -0.25) is 0 Å². The van der Waals surface area contributed by atoms with Crippen LogP contribution >= 0.6 is 0 Å². The highest BCUT2D eigenvalue weighted by Crippen LogP contribution is 2.40.